The highest BCUT2D eigenvalue weighted by Gasteiger charge is 2.41. The van der Waals surface area contributed by atoms with Crippen molar-refractivity contribution in [2.45, 2.75) is 59.0 Å². The molecule has 0 N–H and O–H groups in total. The van der Waals surface area contributed by atoms with E-state index in [0.29, 0.717) is 30.0 Å². The number of rotatable bonds is 4. The Morgan fingerprint density at radius 1 is 1.12 bits per heavy atom. The first-order valence-corrected chi connectivity index (χ1v) is 9.15. The Kier molecular flexibility index (Phi) is 5.06. The zero-order chi connectivity index (χ0) is 18.1. The molecule has 1 saturated carbocycles. The van der Waals surface area contributed by atoms with E-state index in [2.05, 4.69) is 4.98 Å². The predicted octanol–water partition coefficient (Wildman–Crippen LogP) is 2.33. The first kappa shape index (κ1) is 17.8. The summed E-state index contributed by atoms with van der Waals surface area (Å²) in [6.07, 6.45) is 7.36. The number of hydrogen-bond acceptors (Lipinski definition) is 4. The summed E-state index contributed by atoms with van der Waals surface area (Å²) in [5.74, 6) is 1.59. The van der Waals surface area contributed by atoms with Crippen molar-refractivity contribution in [1.29, 1.82) is 0 Å². The SMILES string of the molecule is CC(=O)c1cncn1C[C@H]1CC[C@H]2CN(C(C)=O)[C@H](C(C)=O)C[C@H]2C1. The Bertz CT molecular complexity index is 681. The van der Waals surface area contributed by atoms with Crippen LogP contribution in [0.25, 0.3) is 0 Å². The van der Waals surface area contributed by atoms with Gasteiger partial charge in [0.1, 0.15) is 5.69 Å². The molecular weight excluding hydrogens is 318 g/mol. The van der Waals surface area contributed by atoms with E-state index >= 15 is 0 Å². The smallest absolute Gasteiger partial charge is 0.220 e. The Labute approximate surface area is 148 Å². The van der Waals surface area contributed by atoms with E-state index in [4.69, 9.17) is 0 Å². The van der Waals surface area contributed by atoms with Crippen LogP contribution in [0.3, 0.4) is 0 Å². The van der Waals surface area contributed by atoms with Crippen molar-refractivity contribution in [2.24, 2.45) is 17.8 Å². The summed E-state index contributed by atoms with van der Waals surface area (Å²) in [5.41, 5.74) is 0.662. The van der Waals surface area contributed by atoms with Crippen LogP contribution in [0.5, 0.6) is 0 Å². The summed E-state index contributed by atoms with van der Waals surface area (Å²) in [6.45, 7) is 6.23. The van der Waals surface area contributed by atoms with E-state index < -0.39 is 0 Å². The molecule has 6 heteroatoms. The Hall–Kier alpha value is -1.98. The molecule has 0 radical (unpaired) electrons. The lowest BCUT2D eigenvalue weighted by Gasteiger charge is -2.47. The third-order valence-electron chi connectivity index (χ3n) is 5.98. The highest BCUT2D eigenvalue weighted by molar-refractivity contribution is 5.92. The summed E-state index contributed by atoms with van der Waals surface area (Å²) < 4.78 is 1.96. The predicted molar refractivity (Wildman–Crippen MR) is 93.0 cm³/mol. The van der Waals surface area contributed by atoms with Crippen LogP contribution >= 0.6 is 0 Å². The van der Waals surface area contributed by atoms with Gasteiger partial charge in [-0.25, -0.2) is 4.98 Å². The van der Waals surface area contributed by atoms with Gasteiger partial charge in [-0.05, 0) is 50.4 Å². The van der Waals surface area contributed by atoms with E-state index in [-0.39, 0.29) is 23.5 Å². The van der Waals surface area contributed by atoms with Crippen LogP contribution in [0.15, 0.2) is 12.5 Å². The second-order valence-electron chi connectivity index (χ2n) is 7.72. The van der Waals surface area contributed by atoms with Crippen LogP contribution in [0.2, 0.25) is 0 Å². The van der Waals surface area contributed by atoms with Gasteiger partial charge in [0.25, 0.3) is 0 Å². The maximum atomic E-state index is 12.0. The van der Waals surface area contributed by atoms with Crippen molar-refractivity contribution in [1.82, 2.24) is 14.5 Å². The van der Waals surface area contributed by atoms with Crippen LogP contribution in [-0.4, -0.2) is 44.5 Å². The van der Waals surface area contributed by atoms with Crippen molar-refractivity contribution in [3.8, 4) is 0 Å². The number of amides is 1. The lowest BCUT2D eigenvalue weighted by Crippen LogP contribution is -2.53. The van der Waals surface area contributed by atoms with E-state index in [0.717, 1.165) is 32.2 Å². The Morgan fingerprint density at radius 2 is 1.88 bits per heavy atom. The molecule has 0 aromatic carbocycles. The van der Waals surface area contributed by atoms with E-state index in [9.17, 15) is 14.4 Å². The molecule has 0 unspecified atom stereocenters. The van der Waals surface area contributed by atoms with Crippen molar-refractivity contribution in [3.05, 3.63) is 18.2 Å². The van der Waals surface area contributed by atoms with Crippen molar-refractivity contribution >= 4 is 17.5 Å². The third-order valence-corrected chi connectivity index (χ3v) is 5.98. The molecular formula is C19H27N3O3. The monoisotopic (exact) mass is 345 g/mol. The molecule has 2 fully saturated rings. The van der Waals surface area contributed by atoms with Crippen LogP contribution in [0.1, 0.15) is 56.9 Å². The molecule has 1 aliphatic carbocycles. The number of hydrogen-bond donors (Lipinski definition) is 0. The van der Waals surface area contributed by atoms with Crippen LogP contribution in [0, 0.1) is 17.8 Å². The number of nitrogens with zero attached hydrogens (tertiary/aromatic N) is 3. The lowest BCUT2D eigenvalue weighted by atomic mass is 9.68. The molecule has 6 nitrogen and oxygen atoms in total. The fourth-order valence-corrected chi connectivity index (χ4v) is 4.68. The average Bonchev–Trinajstić information content (AvgIpc) is 3.01. The topological polar surface area (TPSA) is 72.3 Å². The lowest BCUT2D eigenvalue weighted by molar-refractivity contribution is -0.142. The molecule has 2 aliphatic rings. The summed E-state index contributed by atoms with van der Waals surface area (Å²) in [4.78, 5) is 41.5. The minimum Gasteiger partial charge on any atom is -0.333 e. The summed E-state index contributed by atoms with van der Waals surface area (Å²) in [6, 6.07) is -0.265. The molecule has 1 aliphatic heterocycles. The second-order valence-corrected chi connectivity index (χ2v) is 7.72. The first-order chi connectivity index (χ1) is 11.9. The molecule has 25 heavy (non-hydrogen) atoms. The molecule has 4 atom stereocenters. The zero-order valence-electron chi connectivity index (χ0n) is 15.3. The molecule has 0 spiro atoms. The second kappa shape index (κ2) is 7.10. The van der Waals surface area contributed by atoms with E-state index in [1.54, 1.807) is 38.2 Å². The standard InChI is InChI=1S/C19H27N3O3/c1-12(23)18-7-17-6-15(4-5-16(17)10-22(18)14(3)25)9-21-11-20-8-19(21)13(2)24/h8,11,15-18H,4-7,9-10H2,1-3H3/t15-,16-,17+,18-/m0/s1. The maximum absolute atomic E-state index is 12.0. The van der Waals surface area contributed by atoms with Gasteiger partial charge in [-0.3, -0.25) is 14.4 Å². The zero-order valence-corrected chi connectivity index (χ0v) is 15.3. The number of imidazole rings is 1. The largest absolute Gasteiger partial charge is 0.333 e. The molecule has 1 amide bonds. The third kappa shape index (κ3) is 3.67. The average molecular weight is 345 g/mol. The van der Waals surface area contributed by atoms with Gasteiger partial charge in [0.15, 0.2) is 11.6 Å². The van der Waals surface area contributed by atoms with Gasteiger partial charge in [0.2, 0.25) is 5.91 Å². The minimum atomic E-state index is -0.265. The number of Topliss-reactive ketones (excluding diaryl/α,β-unsaturated/α-hetero) is 2. The molecule has 1 saturated heterocycles. The van der Waals surface area contributed by atoms with Gasteiger partial charge in [-0.15, -0.1) is 0 Å². The maximum Gasteiger partial charge on any atom is 0.220 e. The molecule has 2 heterocycles. The summed E-state index contributed by atoms with van der Waals surface area (Å²) in [5, 5.41) is 0. The summed E-state index contributed by atoms with van der Waals surface area (Å²) >= 11 is 0. The van der Waals surface area contributed by atoms with Crippen molar-refractivity contribution < 1.29 is 14.4 Å². The van der Waals surface area contributed by atoms with Gasteiger partial charge >= 0.3 is 0 Å². The number of aromatic nitrogens is 2. The van der Waals surface area contributed by atoms with Gasteiger partial charge < -0.3 is 9.47 Å². The van der Waals surface area contributed by atoms with Crippen LogP contribution in [0.4, 0.5) is 0 Å². The number of carbonyl (C=O) groups excluding carboxylic acids is 3. The fraction of sp³-hybridized carbons (Fsp3) is 0.684. The number of carbonyl (C=O) groups is 3. The number of fused-ring (bicyclic) bond motifs is 1. The van der Waals surface area contributed by atoms with Crippen LogP contribution in [-0.2, 0) is 16.1 Å². The normalized spacial score (nSPS) is 29.2. The highest BCUT2D eigenvalue weighted by Crippen LogP contribution is 2.41. The molecule has 1 aromatic heterocycles. The van der Waals surface area contributed by atoms with Crippen molar-refractivity contribution in [3.63, 3.8) is 0 Å². The molecule has 0 bridgehead atoms. The Balaban J connectivity index is 1.68. The van der Waals surface area contributed by atoms with E-state index in [1.165, 1.54) is 0 Å². The first-order valence-electron chi connectivity index (χ1n) is 9.15. The molecule has 136 valence electrons. The van der Waals surface area contributed by atoms with E-state index in [1.807, 2.05) is 4.57 Å². The Morgan fingerprint density at radius 3 is 2.52 bits per heavy atom. The quantitative estimate of drug-likeness (QED) is 0.785. The molecule has 1 aromatic rings. The van der Waals surface area contributed by atoms with Crippen molar-refractivity contribution in [2.75, 3.05) is 6.54 Å². The summed E-state index contributed by atoms with van der Waals surface area (Å²) in [7, 11) is 0. The van der Waals surface area contributed by atoms with Gasteiger partial charge in [0.05, 0.1) is 18.6 Å². The van der Waals surface area contributed by atoms with Crippen LogP contribution < -0.4 is 0 Å². The minimum absolute atomic E-state index is 0.00490. The van der Waals surface area contributed by atoms with Gasteiger partial charge in [0, 0.05) is 26.9 Å². The molecule has 3 rings (SSSR count). The number of likely N-dealkylation sites (tertiary alicyclic amines) is 1. The number of piperidine rings is 1. The highest BCUT2D eigenvalue weighted by atomic mass is 16.2. The number of ketones is 2. The van der Waals surface area contributed by atoms with Gasteiger partial charge in [-0.2, -0.15) is 0 Å². The fourth-order valence-electron chi connectivity index (χ4n) is 4.68. The van der Waals surface area contributed by atoms with Gasteiger partial charge in [-0.1, -0.05) is 0 Å².